The Morgan fingerprint density at radius 2 is 2.00 bits per heavy atom. The largest absolute Gasteiger partial charge is 0.428 e. The van der Waals surface area contributed by atoms with Gasteiger partial charge in [0.15, 0.2) is 0 Å². The van der Waals surface area contributed by atoms with Crippen molar-refractivity contribution in [3.05, 3.63) is 0 Å². The second-order valence-corrected chi connectivity index (χ2v) is 1.47. The SMILES string of the molecule is O=C(OF)C(F)(F)S. The van der Waals surface area contributed by atoms with Crippen LogP contribution in [0.25, 0.3) is 0 Å². The Morgan fingerprint density at radius 1 is 1.62 bits per heavy atom. The first-order valence-electron chi connectivity index (χ1n) is 1.41. The second-order valence-electron chi connectivity index (χ2n) is 0.906. The Bertz CT molecular complexity index is 97.9. The lowest BCUT2D eigenvalue weighted by molar-refractivity contribution is -0.200. The highest BCUT2D eigenvalue weighted by Gasteiger charge is 2.36. The zero-order valence-electron chi connectivity index (χ0n) is 3.40. The standard InChI is InChI=1S/C2HF3O2S/c3-2(4,8)1(6)7-5/h8H. The first-order valence-corrected chi connectivity index (χ1v) is 1.86. The summed E-state index contributed by atoms with van der Waals surface area (Å²) >= 11 is 2.38. The maximum atomic E-state index is 11.3. The molecule has 0 amide bonds. The Balaban J connectivity index is 3.82. The average Bonchev–Trinajstić information content (AvgIpc) is 1.62. The van der Waals surface area contributed by atoms with Crippen molar-refractivity contribution in [3.8, 4) is 0 Å². The normalized spacial score (nSPS) is 11.0. The van der Waals surface area contributed by atoms with E-state index in [0.717, 1.165) is 0 Å². The molecule has 0 aromatic rings. The first-order chi connectivity index (χ1) is 3.48. The summed E-state index contributed by atoms with van der Waals surface area (Å²) in [5.74, 6) is -2.30. The first kappa shape index (κ1) is 7.61. The maximum Gasteiger partial charge on any atom is 0.428 e. The summed E-state index contributed by atoms with van der Waals surface area (Å²) in [7, 11) is 0. The molecule has 0 spiro atoms. The average molecular weight is 146 g/mol. The molecule has 0 rings (SSSR count). The van der Waals surface area contributed by atoms with E-state index in [9.17, 15) is 18.1 Å². The van der Waals surface area contributed by atoms with Crippen molar-refractivity contribution < 1.29 is 23.0 Å². The Hall–Kier alpha value is -0.390. The predicted molar refractivity (Wildman–Crippen MR) is 21.1 cm³/mol. The number of carbonyl (C=O) groups excluding carboxylic acids is 1. The van der Waals surface area contributed by atoms with Crippen LogP contribution in [0.3, 0.4) is 0 Å². The van der Waals surface area contributed by atoms with E-state index < -0.39 is 11.2 Å². The highest BCUT2D eigenvalue weighted by atomic mass is 32.1. The van der Waals surface area contributed by atoms with Crippen LogP contribution in [0, 0.1) is 0 Å². The van der Waals surface area contributed by atoms with Gasteiger partial charge in [0.1, 0.15) is 0 Å². The summed E-state index contributed by atoms with van der Waals surface area (Å²) in [6, 6.07) is 0. The second kappa shape index (κ2) is 2.25. The van der Waals surface area contributed by atoms with E-state index in [1.807, 2.05) is 0 Å². The van der Waals surface area contributed by atoms with Crippen molar-refractivity contribution in [2.45, 2.75) is 5.25 Å². The molecule has 8 heavy (non-hydrogen) atoms. The summed E-state index contributed by atoms with van der Waals surface area (Å²) in [6.07, 6.45) is 0. The van der Waals surface area contributed by atoms with Gasteiger partial charge in [0, 0.05) is 4.53 Å². The van der Waals surface area contributed by atoms with Crippen LogP contribution in [0.15, 0.2) is 0 Å². The molecule has 0 aliphatic rings. The van der Waals surface area contributed by atoms with Crippen molar-refractivity contribution in [3.63, 3.8) is 0 Å². The summed E-state index contributed by atoms with van der Waals surface area (Å²) in [4.78, 5) is 11.6. The lowest BCUT2D eigenvalue weighted by Crippen LogP contribution is -2.21. The van der Waals surface area contributed by atoms with Gasteiger partial charge in [-0.1, -0.05) is 12.6 Å². The van der Waals surface area contributed by atoms with Gasteiger partial charge in [-0.05, 0) is 0 Å². The predicted octanol–water partition coefficient (Wildman–Crippen LogP) is 0.937. The van der Waals surface area contributed by atoms with Gasteiger partial charge in [-0.25, -0.2) is 9.74 Å². The van der Waals surface area contributed by atoms with E-state index in [1.165, 1.54) is 0 Å². The van der Waals surface area contributed by atoms with E-state index >= 15 is 0 Å². The molecule has 0 bridgehead atoms. The summed E-state index contributed by atoms with van der Waals surface area (Å²) < 4.78 is 33.0. The fourth-order valence-electron chi connectivity index (χ4n) is 0.0464. The fourth-order valence-corrected chi connectivity index (χ4v) is 0.0809. The van der Waals surface area contributed by atoms with E-state index in [2.05, 4.69) is 17.6 Å². The quantitative estimate of drug-likeness (QED) is 0.557. The number of alkyl halides is 2. The number of carbonyl (C=O) groups is 1. The lowest BCUT2D eigenvalue weighted by atomic mass is 10.7. The van der Waals surface area contributed by atoms with E-state index in [4.69, 9.17) is 0 Å². The van der Waals surface area contributed by atoms with Crippen molar-refractivity contribution in [2.75, 3.05) is 0 Å². The van der Waals surface area contributed by atoms with Crippen LogP contribution in [0.5, 0.6) is 0 Å². The molecule has 0 heterocycles. The Kier molecular flexibility index (Phi) is 2.14. The monoisotopic (exact) mass is 146 g/mol. The molecule has 0 saturated heterocycles. The van der Waals surface area contributed by atoms with Crippen LogP contribution in [0.1, 0.15) is 0 Å². The van der Waals surface area contributed by atoms with E-state index in [1.54, 1.807) is 0 Å². The number of hydrogen-bond acceptors (Lipinski definition) is 3. The number of halogens is 3. The van der Waals surface area contributed by atoms with Gasteiger partial charge >= 0.3 is 11.2 Å². The molecule has 0 fully saturated rings. The molecule has 0 N–H and O–H groups in total. The van der Waals surface area contributed by atoms with Crippen LogP contribution in [0.4, 0.5) is 13.3 Å². The van der Waals surface area contributed by atoms with Gasteiger partial charge in [0.2, 0.25) is 0 Å². The smallest absolute Gasteiger partial charge is 0.247 e. The topological polar surface area (TPSA) is 26.3 Å². The van der Waals surface area contributed by atoms with E-state index in [-0.39, 0.29) is 0 Å². The molecule has 0 saturated carbocycles. The van der Waals surface area contributed by atoms with Gasteiger partial charge in [0.05, 0.1) is 0 Å². The van der Waals surface area contributed by atoms with Crippen LogP contribution < -0.4 is 0 Å². The molecule has 0 unspecified atom stereocenters. The van der Waals surface area contributed by atoms with Crippen molar-refractivity contribution in [1.82, 2.24) is 0 Å². The van der Waals surface area contributed by atoms with Crippen molar-refractivity contribution in [2.24, 2.45) is 0 Å². The molecule has 0 aromatic carbocycles. The van der Waals surface area contributed by atoms with Crippen LogP contribution in [0.2, 0.25) is 0 Å². The Labute approximate surface area is 47.9 Å². The summed E-state index contributed by atoms with van der Waals surface area (Å²) in [5.41, 5.74) is 0. The highest BCUT2D eigenvalue weighted by Crippen LogP contribution is 2.19. The van der Waals surface area contributed by atoms with Gasteiger partial charge < -0.3 is 0 Å². The minimum atomic E-state index is -4.03. The minimum Gasteiger partial charge on any atom is -0.247 e. The molecule has 0 aliphatic heterocycles. The molecule has 0 aromatic heterocycles. The summed E-state index contributed by atoms with van der Waals surface area (Å²) in [5, 5.41) is -4.03. The van der Waals surface area contributed by atoms with Gasteiger partial charge in [-0.2, -0.15) is 8.78 Å². The maximum absolute atomic E-state index is 11.3. The number of thiol groups is 1. The van der Waals surface area contributed by atoms with Gasteiger partial charge in [-0.15, -0.1) is 0 Å². The molecular formula is C2HF3O2S. The molecule has 6 heteroatoms. The van der Waals surface area contributed by atoms with Crippen molar-refractivity contribution in [1.29, 1.82) is 0 Å². The molecule has 0 radical (unpaired) electrons. The number of rotatable bonds is 1. The lowest BCUT2D eigenvalue weighted by Gasteiger charge is -1.99. The Morgan fingerprint density at radius 3 is 2.00 bits per heavy atom. The third-order valence-corrected chi connectivity index (χ3v) is 0.498. The van der Waals surface area contributed by atoms with Gasteiger partial charge in [0.25, 0.3) is 0 Å². The fraction of sp³-hybridized carbons (Fsp3) is 0.500. The molecule has 48 valence electrons. The molecule has 0 atom stereocenters. The van der Waals surface area contributed by atoms with Crippen LogP contribution in [-0.2, 0) is 9.74 Å². The zero-order chi connectivity index (χ0) is 6.78. The van der Waals surface area contributed by atoms with Crippen LogP contribution in [-0.4, -0.2) is 11.2 Å². The van der Waals surface area contributed by atoms with E-state index in [0.29, 0.717) is 0 Å². The van der Waals surface area contributed by atoms with Gasteiger partial charge in [-0.3, -0.25) is 0 Å². The number of hydrogen-bond donors (Lipinski definition) is 1. The van der Waals surface area contributed by atoms with Crippen LogP contribution >= 0.6 is 12.6 Å². The van der Waals surface area contributed by atoms with Crippen molar-refractivity contribution >= 4 is 18.6 Å². The zero-order valence-corrected chi connectivity index (χ0v) is 4.29. The molecule has 0 aliphatic carbocycles. The highest BCUT2D eigenvalue weighted by molar-refractivity contribution is 7.82. The molecular weight excluding hydrogens is 145 g/mol. The third-order valence-electron chi connectivity index (χ3n) is 0.316. The minimum absolute atomic E-state index is 2.15. The summed E-state index contributed by atoms with van der Waals surface area (Å²) in [6.45, 7) is 0. The molecule has 2 nitrogen and oxygen atoms in total. The third kappa shape index (κ3) is 2.06.